The molecule has 0 bridgehead atoms. The second-order valence-electron chi connectivity index (χ2n) is 8.16. The van der Waals surface area contributed by atoms with Gasteiger partial charge in [-0.05, 0) is 62.4 Å². The number of allylic oxidation sites excluding steroid dienone is 1. The maximum atomic E-state index is 12.7. The first kappa shape index (κ1) is 21.9. The third kappa shape index (κ3) is 5.49. The number of hydrogen-bond donors (Lipinski definition) is 0. The van der Waals surface area contributed by atoms with E-state index in [4.69, 9.17) is 14.2 Å². The smallest absolute Gasteiger partial charge is 0.223 e. The fourth-order valence-corrected chi connectivity index (χ4v) is 4.90. The molecule has 5 nitrogen and oxygen atoms in total. The number of thiophene rings is 1. The lowest BCUT2D eigenvalue weighted by molar-refractivity contribution is -0.131. The van der Waals surface area contributed by atoms with Crippen LogP contribution in [0.15, 0.2) is 36.9 Å². The van der Waals surface area contributed by atoms with Gasteiger partial charge >= 0.3 is 0 Å². The molecule has 0 saturated carbocycles. The fraction of sp³-hybridized carbons (Fsp3) is 0.480. The van der Waals surface area contributed by atoms with Gasteiger partial charge in [-0.3, -0.25) is 4.79 Å². The number of nitrogens with zero attached hydrogens (tertiary/aromatic N) is 1. The predicted molar refractivity (Wildman–Crippen MR) is 124 cm³/mol. The predicted octanol–water partition coefficient (Wildman–Crippen LogP) is 5.36. The first-order valence-electron chi connectivity index (χ1n) is 11.1. The Morgan fingerprint density at radius 3 is 2.97 bits per heavy atom. The molecule has 4 rings (SSSR count). The van der Waals surface area contributed by atoms with Crippen molar-refractivity contribution in [1.29, 1.82) is 0 Å². The first-order chi connectivity index (χ1) is 15.1. The number of amides is 1. The Morgan fingerprint density at radius 1 is 1.32 bits per heavy atom. The standard InChI is InChI=1S/C25H31NO4S/c1-3-4-8-24(27)26-11-13-29-25-20(16-26)14-19(23-10-9-18(2)31-23)15-22(25)30-17-21-7-5-6-12-28-21/h3,9-10,14-15,21H,1,4-8,11-13,16-17H2,2H3/t21-/m1/s1. The van der Waals surface area contributed by atoms with Crippen molar-refractivity contribution in [2.45, 2.75) is 51.7 Å². The maximum Gasteiger partial charge on any atom is 0.223 e. The molecule has 3 heterocycles. The summed E-state index contributed by atoms with van der Waals surface area (Å²) in [6.07, 6.45) is 6.41. The molecule has 2 aliphatic rings. The van der Waals surface area contributed by atoms with Crippen LogP contribution in [0.25, 0.3) is 10.4 Å². The van der Waals surface area contributed by atoms with Crippen LogP contribution in [0, 0.1) is 6.92 Å². The van der Waals surface area contributed by atoms with E-state index in [9.17, 15) is 4.79 Å². The number of carbonyl (C=O) groups excluding carboxylic acids is 1. The molecule has 6 heteroatoms. The third-order valence-corrected chi connectivity index (χ3v) is 6.79. The van der Waals surface area contributed by atoms with Crippen molar-refractivity contribution in [2.24, 2.45) is 0 Å². The highest BCUT2D eigenvalue weighted by Crippen LogP contribution is 2.40. The molecule has 1 atom stereocenters. The average molecular weight is 442 g/mol. The summed E-state index contributed by atoms with van der Waals surface area (Å²) in [7, 11) is 0. The maximum absolute atomic E-state index is 12.7. The molecule has 2 aromatic rings. The van der Waals surface area contributed by atoms with Gasteiger partial charge in [0.2, 0.25) is 5.91 Å². The van der Waals surface area contributed by atoms with Gasteiger partial charge in [-0.1, -0.05) is 6.08 Å². The molecule has 166 valence electrons. The van der Waals surface area contributed by atoms with Crippen molar-refractivity contribution in [3.8, 4) is 21.9 Å². The summed E-state index contributed by atoms with van der Waals surface area (Å²) in [5.74, 6) is 1.63. The summed E-state index contributed by atoms with van der Waals surface area (Å²) in [4.78, 5) is 17.0. The van der Waals surface area contributed by atoms with Crippen LogP contribution in [-0.2, 0) is 16.1 Å². The van der Waals surface area contributed by atoms with Crippen LogP contribution in [0.4, 0.5) is 0 Å². The van der Waals surface area contributed by atoms with Crippen LogP contribution < -0.4 is 9.47 Å². The van der Waals surface area contributed by atoms with Crippen molar-refractivity contribution in [3.63, 3.8) is 0 Å². The second kappa shape index (κ2) is 10.3. The van der Waals surface area contributed by atoms with Crippen molar-refractivity contribution >= 4 is 17.2 Å². The van der Waals surface area contributed by atoms with E-state index in [1.807, 2.05) is 4.90 Å². The summed E-state index contributed by atoms with van der Waals surface area (Å²) in [6, 6.07) is 8.48. The number of benzene rings is 1. The highest BCUT2D eigenvalue weighted by Gasteiger charge is 2.24. The fourth-order valence-electron chi connectivity index (χ4n) is 4.04. The van der Waals surface area contributed by atoms with E-state index in [0.29, 0.717) is 39.1 Å². The molecule has 0 spiro atoms. The largest absolute Gasteiger partial charge is 0.487 e. The summed E-state index contributed by atoms with van der Waals surface area (Å²) < 4.78 is 18.2. The Morgan fingerprint density at radius 2 is 2.23 bits per heavy atom. The number of carbonyl (C=O) groups is 1. The average Bonchev–Trinajstić information content (AvgIpc) is 3.10. The van der Waals surface area contributed by atoms with Gasteiger partial charge < -0.3 is 19.1 Å². The first-order valence-corrected chi connectivity index (χ1v) is 12.0. The highest BCUT2D eigenvalue weighted by molar-refractivity contribution is 7.15. The molecule has 0 N–H and O–H groups in total. The van der Waals surface area contributed by atoms with Crippen LogP contribution in [0.5, 0.6) is 11.5 Å². The lowest BCUT2D eigenvalue weighted by Gasteiger charge is -2.24. The molecule has 0 unspecified atom stereocenters. The van der Waals surface area contributed by atoms with Gasteiger partial charge in [0.05, 0.1) is 12.6 Å². The normalized spacial score (nSPS) is 18.6. The third-order valence-electron chi connectivity index (χ3n) is 5.74. The second-order valence-corrected chi connectivity index (χ2v) is 9.45. The van der Waals surface area contributed by atoms with Crippen molar-refractivity contribution < 1.29 is 19.0 Å². The van der Waals surface area contributed by atoms with E-state index < -0.39 is 0 Å². The summed E-state index contributed by atoms with van der Waals surface area (Å²) >= 11 is 1.76. The number of aryl methyl sites for hydroxylation is 1. The molecule has 2 aliphatic heterocycles. The van der Waals surface area contributed by atoms with Gasteiger partial charge in [-0.15, -0.1) is 17.9 Å². The topological polar surface area (TPSA) is 48.0 Å². The van der Waals surface area contributed by atoms with E-state index in [0.717, 1.165) is 42.1 Å². The SMILES string of the molecule is C=CCCC(=O)N1CCOc2c(cc(-c3ccc(C)s3)cc2OC[C@H]2CCCCO2)C1. The van der Waals surface area contributed by atoms with Gasteiger partial charge in [0.25, 0.3) is 0 Å². The molecule has 1 saturated heterocycles. The molecule has 1 fully saturated rings. The number of rotatable bonds is 7. The quantitative estimate of drug-likeness (QED) is 0.543. The van der Waals surface area contributed by atoms with E-state index in [-0.39, 0.29) is 12.0 Å². The van der Waals surface area contributed by atoms with Crippen LogP contribution in [0.3, 0.4) is 0 Å². The van der Waals surface area contributed by atoms with Gasteiger partial charge in [-0.2, -0.15) is 0 Å². The molecule has 1 aromatic carbocycles. The van der Waals surface area contributed by atoms with Gasteiger partial charge in [0.15, 0.2) is 11.5 Å². The Bertz CT molecular complexity index is 916. The zero-order chi connectivity index (χ0) is 21.6. The lowest BCUT2D eigenvalue weighted by atomic mass is 10.1. The van der Waals surface area contributed by atoms with Gasteiger partial charge in [-0.25, -0.2) is 0 Å². The zero-order valence-electron chi connectivity index (χ0n) is 18.2. The molecule has 1 amide bonds. The van der Waals surface area contributed by atoms with Crippen molar-refractivity contribution in [1.82, 2.24) is 4.90 Å². The molecule has 1 aromatic heterocycles. The van der Waals surface area contributed by atoms with E-state index in [1.165, 1.54) is 16.2 Å². The number of ether oxygens (including phenoxy) is 3. The monoisotopic (exact) mass is 441 g/mol. The Labute approximate surface area is 188 Å². The van der Waals surface area contributed by atoms with E-state index in [1.54, 1.807) is 17.4 Å². The van der Waals surface area contributed by atoms with Crippen LogP contribution >= 0.6 is 11.3 Å². The van der Waals surface area contributed by atoms with Crippen LogP contribution in [-0.4, -0.2) is 43.3 Å². The van der Waals surface area contributed by atoms with Gasteiger partial charge in [0, 0.05) is 34.9 Å². The molecular weight excluding hydrogens is 410 g/mol. The highest BCUT2D eigenvalue weighted by atomic mass is 32.1. The minimum absolute atomic E-state index is 0.125. The van der Waals surface area contributed by atoms with E-state index >= 15 is 0 Å². The Kier molecular flexibility index (Phi) is 7.30. The van der Waals surface area contributed by atoms with Crippen LogP contribution in [0.1, 0.15) is 42.5 Å². The number of hydrogen-bond acceptors (Lipinski definition) is 5. The number of fused-ring (bicyclic) bond motifs is 1. The summed E-state index contributed by atoms with van der Waals surface area (Å²) in [5.41, 5.74) is 2.09. The summed E-state index contributed by atoms with van der Waals surface area (Å²) in [6.45, 7) is 8.72. The Balaban J connectivity index is 1.62. The minimum atomic E-state index is 0.125. The summed E-state index contributed by atoms with van der Waals surface area (Å²) in [5, 5.41) is 0. The van der Waals surface area contributed by atoms with E-state index in [2.05, 4.69) is 37.8 Å². The Hall–Kier alpha value is -2.31. The van der Waals surface area contributed by atoms with Crippen molar-refractivity contribution in [2.75, 3.05) is 26.4 Å². The van der Waals surface area contributed by atoms with Crippen LogP contribution in [0.2, 0.25) is 0 Å². The van der Waals surface area contributed by atoms with Crippen molar-refractivity contribution in [3.05, 3.63) is 47.4 Å². The molecular formula is C25H31NO4S. The molecule has 0 radical (unpaired) electrons. The van der Waals surface area contributed by atoms with Gasteiger partial charge in [0.1, 0.15) is 13.2 Å². The minimum Gasteiger partial charge on any atom is -0.487 e. The zero-order valence-corrected chi connectivity index (χ0v) is 19.0. The molecule has 0 aliphatic carbocycles. The molecule has 31 heavy (non-hydrogen) atoms. The lowest BCUT2D eigenvalue weighted by Crippen LogP contribution is -2.32.